The second-order valence-electron chi connectivity index (χ2n) is 8.77. The van der Waals surface area contributed by atoms with Gasteiger partial charge in [0.2, 0.25) is 0 Å². The molecule has 0 spiro atoms. The van der Waals surface area contributed by atoms with Crippen molar-refractivity contribution in [1.82, 2.24) is 9.88 Å². The van der Waals surface area contributed by atoms with Crippen LogP contribution < -0.4 is 4.90 Å². The molecule has 3 heterocycles. The van der Waals surface area contributed by atoms with Gasteiger partial charge in [0.15, 0.2) is 5.60 Å². The number of rotatable bonds is 2. The number of aromatic nitrogens is 1. The van der Waals surface area contributed by atoms with Crippen LogP contribution >= 0.6 is 0 Å². The van der Waals surface area contributed by atoms with E-state index in [-0.39, 0.29) is 16.7 Å². The van der Waals surface area contributed by atoms with E-state index in [1.165, 1.54) is 6.42 Å². The number of anilines is 1. The third-order valence-electron chi connectivity index (χ3n) is 8.08. The van der Waals surface area contributed by atoms with E-state index in [9.17, 15) is 4.79 Å². The molecule has 4 atom stereocenters. The normalized spacial score (nSPS) is 42.2. The van der Waals surface area contributed by atoms with E-state index >= 15 is 0 Å². The summed E-state index contributed by atoms with van der Waals surface area (Å²) in [6.07, 6.45) is 5.15. The molecular weight excluding hydrogens is 314 g/mol. The zero-order valence-corrected chi connectivity index (χ0v) is 15.2. The van der Waals surface area contributed by atoms with Crippen LogP contribution in [0.2, 0.25) is 0 Å². The van der Waals surface area contributed by atoms with Crippen LogP contribution in [0.5, 0.6) is 0 Å². The molecule has 134 valence electrons. The standard InChI is InChI=1S/C20H27N3O2/c1-18-14-25-20(13-15(18)6-7-19(18,20)2)17(24)23-11-9-22(10-12-23)16-5-3-4-8-21-16/h3-5,8,15H,6-7,9-14H2,1-2H3/t15-,18-,19+,20-/m1/s1. The minimum atomic E-state index is -0.558. The van der Waals surface area contributed by atoms with Gasteiger partial charge in [-0.2, -0.15) is 0 Å². The first-order chi connectivity index (χ1) is 12.0. The van der Waals surface area contributed by atoms with Gasteiger partial charge in [0.1, 0.15) is 5.82 Å². The average molecular weight is 341 g/mol. The van der Waals surface area contributed by atoms with E-state index in [4.69, 9.17) is 4.74 Å². The fourth-order valence-corrected chi connectivity index (χ4v) is 6.17. The van der Waals surface area contributed by atoms with Crippen molar-refractivity contribution in [2.45, 2.75) is 38.7 Å². The fraction of sp³-hybridized carbons (Fsp3) is 0.700. The molecule has 0 unspecified atom stereocenters. The van der Waals surface area contributed by atoms with E-state index in [0.29, 0.717) is 5.92 Å². The van der Waals surface area contributed by atoms with E-state index in [1.54, 1.807) is 0 Å². The van der Waals surface area contributed by atoms with Crippen LogP contribution in [0.25, 0.3) is 0 Å². The predicted octanol–water partition coefficient (Wildman–Crippen LogP) is 2.33. The highest BCUT2D eigenvalue weighted by Crippen LogP contribution is 2.75. The first kappa shape index (κ1) is 15.6. The van der Waals surface area contributed by atoms with Gasteiger partial charge < -0.3 is 14.5 Å². The summed E-state index contributed by atoms with van der Waals surface area (Å²) in [5.41, 5.74) is -0.351. The molecule has 2 saturated carbocycles. The Morgan fingerprint density at radius 3 is 2.68 bits per heavy atom. The van der Waals surface area contributed by atoms with Crippen molar-refractivity contribution >= 4 is 11.7 Å². The Morgan fingerprint density at radius 2 is 2.04 bits per heavy atom. The molecule has 4 fully saturated rings. The Labute approximate surface area is 149 Å². The van der Waals surface area contributed by atoms with Crippen LogP contribution in [-0.4, -0.2) is 54.2 Å². The molecule has 0 radical (unpaired) electrons. The van der Waals surface area contributed by atoms with Crippen LogP contribution in [0, 0.1) is 16.7 Å². The highest BCUT2D eigenvalue weighted by atomic mass is 16.5. The predicted molar refractivity (Wildman–Crippen MR) is 95.3 cm³/mol. The summed E-state index contributed by atoms with van der Waals surface area (Å²) >= 11 is 0. The van der Waals surface area contributed by atoms with Gasteiger partial charge >= 0.3 is 0 Å². The van der Waals surface area contributed by atoms with Crippen molar-refractivity contribution in [2.24, 2.45) is 16.7 Å². The summed E-state index contributed by atoms with van der Waals surface area (Å²) in [7, 11) is 0. The minimum Gasteiger partial charge on any atom is -0.364 e. The molecule has 4 aliphatic rings. The number of carbonyl (C=O) groups excluding carboxylic acids is 1. The second-order valence-corrected chi connectivity index (χ2v) is 8.77. The van der Waals surface area contributed by atoms with Gasteiger partial charge in [0, 0.05) is 43.2 Å². The van der Waals surface area contributed by atoms with E-state index < -0.39 is 5.60 Å². The lowest BCUT2D eigenvalue weighted by Crippen LogP contribution is -2.60. The summed E-state index contributed by atoms with van der Waals surface area (Å²) in [6.45, 7) is 8.64. The molecule has 2 aliphatic carbocycles. The van der Waals surface area contributed by atoms with Gasteiger partial charge in [-0.05, 0) is 37.3 Å². The zero-order chi connectivity index (χ0) is 17.3. The van der Waals surface area contributed by atoms with Crippen molar-refractivity contribution in [3.05, 3.63) is 24.4 Å². The minimum absolute atomic E-state index is 0.0138. The van der Waals surface area contributed by atoms with Crippen LogP contribution in [0.3, 0.4) is 0 Å². The molecule has 4 bridgehead atoms. The Balaban J connectivity index is 1.34. The zero-order valence-electron chi connectivity index (χ0n) is 15.2. The topological polar surface area (TPSA) is 45.7 Å². The monoisotopic (exact) mass is 341 g/mol. The first-order valence-electron chi connectivity index (χ1n) is 9.60. The maximum absolute atomic E-state index is 13.5. The molecule has 0 N–H and O–H groups in total. The summed E-state index contributed by atoms with van der Waals surface area (Å²) in [5.74, 6) is 1.91. The Bertz CT molecular complexity index is 702. The van der Waals surface area contributed by atoms with Gasteiger partial charge in [0.05, 0.1) is 6.61 Å². The Hall–Kier alpha value is -1.62. The Kier molecular flexibility index (Phi) is 3.10. The van der Waals surface area contributed by atoms with Gasteiger partial charge in [0.25, 0.3) is 5.91 Å². The number of piperazine rings is 1. The molecule has 0 aromatic carbocycles. The molecule has 2 aliphatic heterocycles. The highest BCUT2D eigenvalue weighted by molar-refractivity contribution is 5.88. The first-order valence-corrected chi connectivity index (χ1v) is 9.60. The van der Waals surface area contributed by atoms with Gasteiger partial charge in [-0.3, -0.25) is 4.79 Å². The van der Waals surface area contributed by atoms with Crippen molar-refractivity contribution < 1.29 is 9.53 Å². The lowest BCUT2D eigenvalue weighted by molar-refractivity contribution is -0.167. The smallest absolute Gasteiger partial charge is 0.255 e. The SMILES string of the molecule is C[C@@]12CC[C@@H]3C[C@]1(C(=O)N1CCN(c4ccccn4)CC1)OC[C@]32C. The summed E-state index contributed by atoms with van der Waals surface area (Å²) in [6, 6.07) is 5.99. The van der Waals surface area contributed by atoms with Crippen LogP contribution in [0.4, 0.5) is 5.82 Å². The number of hydrogen-bond donors (Lipinski definition) is 0. The van der Waals surface area contributed by atoms with Crippen molar-refractivity contribution in [3.63, 3.8) is 0 Å². The molecule has 5 heteroatoms. The van der Waals surface area contributed by atoms with Crippen molar-refractivity contribution in [1.29, 1.82) is 0 Å². The molecule has 1 aromatic heterocycles. The second kappa shape index (κ2) is 4.97. The summed E-state index contributed by atoms with van der Waals surface area (Å²) in [4.78, 5) is 22.3. The average Bonchev–Trinajstić information content (AvgIpc) is 3.13. The summed E-state index contributed by atoms with van der Waals surface area (Å²) in [5, 5.41) is 0. The highest BCUT2D eigenvalue weighted by Gasteiger charge is 2.78. The summed E-state index contributed by atoms with van der Waals surface area (Å²) < 4.78 is 6.29. The third kappa shape index (κ3) is 1.77. The largest absolute Gasteiger partial charge is 0.364 e. The van der Waals surface area contributed by atoms with E-state index in [1.807, 2.05) is 24.4 Å². The molecule has 25 heavy (non-hydrogen) atoms. The third-order valence-corrected chi connectivity index (χ3v) is 8.08. The molecule has 1 amide bonds. The maximum atomic E-state index is 13.5. The fourth-order valence-electron chi connectivity index (χ4n) is 6.17. The number of pyridine rings is 1. The molecule has 1 aromatic rings. The number of ether oxygens (including phenoxy) is 1. The van der Waals surface area contributed by atoms with Crippen molar-refractivity contribution in [3.8, 4) is 0 Å². The van der Waals surface area contributed by atoms with Crippen LogP contribution in [0.15, 0.2) is 24.4 Å². The van der Waals surface area contributed by atoms with Crippen LogP contribution in [-0.2, 0) is 9.53 Å². The van der Waals surface area contributed by atoms with Gasteiger partial charge in [-0.1, -0.05) is 19.9 Å². The van der Waals surface area contributed by atoms with Crippen LogP contribution in [0.1, 0.15) is 33.1 Å². The number of carbonyl (C=O) groups is 1. The van der Waals surface area contributed by atoms with E-state index in [2.05, 4.69) is 28.6 Å². The van der Waals surface area contributed by atoms with Gasteiger partial charge in [-0.25, -0.2) is 4.98 Å². The molecule has 5 nitrogen and oxygen atoms in total. The Morgan fingerprint density at radius 1 is 1.24 bits per heavy atom. The molecule has 5 rings (SSSR count). The van der Waals surface area contributed by atoms with Gasteiger partial charge in [-0.15, -0.1) is 0 Å². The number of hydrogen-bond acceptors (Lipinski definition) is 4. The number of amides is 1. The lowest BCUT2D eigenvalue weighted by atomic mass is 9.66. The number of nitrogens with zero attached hydrogens (tertiary/aromatic N) is 3. The molecule has 2 saturated heterocycles. The quantitative estimate of drug-likeness (QED) is 0.828. The maximum Gasteiger partial charge on any atom is 0.255 e. The van der Waals surface area contributed by atoms with Crippen molar-refractivity contribution in [2.75, 3.05) is 37.7 Å². The lowest BCUT2D eigenvalue weighted by Gasteiger charge is -2.45. The molecular formula is C20H27N3O2. The van der Waals surface area contributed by atoms with E-state index in [0.717, 1.165) is 51.4 Å².